The van der Waals surface area contributed by atoms with E-state index < -0.39 is 9.84 Å². The fourth-order valence-corrected chi connectivity index (χ4v) is 3.75. The average molecular weight is 338 g/mol. The molecule has 0 aromatic carbocycles. The minimum atomic E-state index is -3.11. The summed E-state index contributed by atoms with van der Waals surface area (Å²) in [6.07, 6.45) is 5.22. The van der Waals surface area contributed by atoms with E-state index in [4.69, 9.17) is 0 Å². The molecule has 0 radical (unpaired) electrons. The molecule has 1 saturated carbocycles. The van der Waals surface area contributed by atoms with Gasteiger partial charge < -0.3 is 10.2 Å². The number of rotatable bonds is 6. The van der Waals surface area contributed by atoms with Crippen LogP contribution in [0.25, 0.3) is 0 Å². The molecule has 1 saturated heterocycles. The average Bonchev–Trinajstić information content (AvgIpc) is 3.27. The van der Waals surface area contributed by atoms with Crippen molar-refractivity contribution >= 4 is 21.6 Å². The van der Waals surface area contributed by atoms with Gasteiger partial charge in [-0.2, -0.15) is 5.10 Å². The number of amides is 1. The summed E-state index contributed by atoms with van der Waals surface area (Å²) in [5.74, 6) is 1.59. The van der Waals surface area contributed by atoms with Gasteiger partial charge in [0.1, 0.15) is 9.84 Å². The molecular formula is C15H22N4O3S. The van der Waals surface area contributed by atoms with Crippen molar-refractivity contribution in [3.8, 4) is 0 Å². The van der Waals surface area contributed by atoms with Crippen LogP contribution in [0.4, 0.5) is 5.82 Å². The van der Waals surface area contributed by atoms with E-state index in [9.17, 15) is 13.2 Å². The molecule has 3 rings (SSSR count). The van der Waals surface area contributed by atoms with E-state index in [2.05, 4.69) is 20.4 Å². The summed E-state index contributed by atoms with van der Waals surface area (Å²) in [6, 6.07) is 3.83. The molecule has 0 bridgehead atoms. The Morgan fingerprint density at radius 1 is 1.39 bits per heavy atom. The Labute approximate surface area is 136 Å². The van der Waals surface area contributed by atoms with E-state index in [1.165, 1.54) is 12.8 Å². The molecule has 8 heteroatoms. The predicted molar refractivity (Wildman–Crippen MR) is 86.7 cm³/mol. The smallest absolute Gasteiger partial charge is 0.221 e. The number of nitrogens with zero attached hydrogens (tertiary/aromatic N) is 3. The van der Waals surface area contributed by atoms with Crippen molar-refractivity contribution in [1.29, 1.82) is 0 Å². The van der Waals surface area contributed by atoms with Crippen LogP contribution < -0.4 is 10.2 Å². The van der Waals surface area contributed by atoms with Crippen LogP contribution in [0.1, 0.15) is 19.3 Å². The summed E-state index contributed by atoms with van der Waals surface area (Å²) in [7, 11) is -3.11. The first kappa shape index (κ1) is 16.2. The van der Waals surface area contributed by atoms with Gasteiger partial charge in [0.15, 0.2) is 5.82 Å². The zero-order valence-electron chi connectivity index (χ0n) is 13.2. The molecule has 2 heterocycles. The highest BCUT2D eigenvalue weighted by molar-refractivity contribution is 7.90. The normalized spacial score (nSPS) is 24.7. The summed E-state index contributed by atoms with van der Waals surface area (Å²) < 4.78 is 22.4. The zero-order valence-corrected chi connectivity index (χ0v) is 14.0. The third-order valence-corrected chi connectivity index (χ3v) is 5.47. The first-order valence-electron chi connectivity index (χ1n) is 7.92. The molecule has 0 spiro atoms. The van der Waals surface area contributed by atoms with E-state index in [1.807, 2.05) is 12.1 Å². The lowest BCUT2D eigenvalue weighted by molar-refractivity contribution is -0.121. The number of carbonyl (C=O) groups excluding carboxylic acids is 1. The fraction of sp³-hybridized carbons (Fsp3) is 0.667. The van der Waals surface area contributed by atoms with Crippen LogP contribution >= 0.6 is 0 Å². The lowest BCUT2D eigenvalue weighted by atomic mass is 9.98. The van der Waals surface area contributed by atoms with Crippen molar-refractivity contribution in [2.24, 2.45) is 11.8 Å². The molecule has 23 heavy (non-hydrogen) atoms. The van der Waals surface area contributed by atoms with E-state index in [0.717, 1.165) is 18.6 Å². The summed E-state index contributed by atoms with van der Waals surface area (Å²) in [5, 5.41) is 11.1. The minimum absolute atomic E-state index is 0.0257. The van der Waals surface area contributed by atoms with E-state index >= 15 is 0 Å². The highest BCUT2D eigenvalue weighted by Gasteiger charge is 2.43. The molecule has 126 valence electrons. The van der Waals surface area contributed by atoms with E-state index in [0.29, 0.717) is 18.4 Å². The molecule has 1 aliphatic heterocycles. The molecule has 1 aromatic heterocycles. The third kappa shape index (κ3) is 4.40. The first-order chi connectivity index (χ1) is 10.9. The second kappa shape index (κ2) is 6.43. The molecular weight excluding hydrogens is 316 g/mol. The molecule has 1 aliphatic carbocycles. The minimum Gasteiger partial charge on any atom is -0.353 e. The number of anilines is 1. The van der Waals surface area contributed by atoms with E-state index in [-0.39, 0.29) is 24.1 Å². The number of sulfone groups is 1. The molecule has 1 N–H and O–H groups in total. The number of hydrogen-bond acceptors (Lipinski definition) is 6. The number of nitrogens with one attached hydrogen (secondary N) is 1. The van der Waals surface area contributed by atoms with Crippen LogP contribution in [0.3, 0.4) is 0 Å². The topological polar surface area (TPSA) is 92.3 Å². The molecule has 2 aliphatic rings. The summed E-state index contributed by atoms with van der Waals surface area (Å²) in [5.41, 5.74) is 0. The van der Waals surface area contributed by atoms with Crippen molar-refractivity contribution in [1.82, 2.24) is 15.5 Å². The zero-order chi connectivity index (χ0) is 16.4. The van der Waals surface area contributed by atoms with Crippen LogP contribution in [0.5, 0.6) is 0 Å². The SMILES string of the molecule is CS(=O)(=O)CCC(=O)N[C@@H]1CN(c2cccnn2)C[C@H]1C1CC1. The molecule has 2 atom stereocenters. The second-order valence-electron chi connectivity index (χ2n) is 6.54. The Bertz CT molecular complexity index is 661. The van der Waals surface area contributed by atoms with Crippen molar-refractivity contribution in [3.05, 3.63) is 18.3 Å². The van der Waals surface area contributed by atoms with Gasteiger partial charge in [-0.3, -0.25) is 4.79 Å². The van der Waals surface area contributed by atoms with Crippen LogP contribution in [0, 0.1) is 11.8 Å². The first-order valence-corrected chi connectivity index (χ1v) is 9.98. The molecule has 1 aromatic rings. The number of hydrogen-bond donors (Lipinski definition) is 1. The van der Waals surface area contributed by atoms with Crippen molar-refractivity contribution in [3.63, 3.8) is 0 Å². The summed E-state index contributed by atoms with van der Waals surface area (Å²) in [4.78, 5) is 14.2. The standard InChI is InChI=1S/C15H22N4O3S/c1-23(21,22)8-6-15(20)17-13-10-19(9-12(13)11-4-5-11)14-3-2-7-16-18-14/h2-3,7,11-13H,4-6,8-10H2,1H3,(H,17,20)/t12-,13+/m0/s1. The molecule has 0 unspecified atom stereocenters. The lowest BCUT2D eigenvalue weighted by Gasteiger charge is -2.19. The Morgan fingerprint density at radius 2 is 2.17 bits per heavy atom. The van der Waals surface area contributed by atoms with Crippen LogP contribution in [0.2, 0.25) is 0 Å². The van der Waals surface area contributed by atoms with Crippen LogP contribution in [0.15, 0.2) is 18.3 Å². The summed E-state index contributed by atoms with van der Waals surface area (Å²) >= 11 is 0. The number of aromatic nitrogens is 2. The highest BCUT2D eigenvalue weighted by atomic mass is 32.2. The van der Waals surface area contributed by atoms with Gasteiger partial charge in [0, 0.05) is 37.9 Å². The Balaban J connectivity index is 1.62. The van der Waals surface area contributed by atoms with Crippen molar-refractivity contribution in [2.45, 2.75) is 25.3 Å². The quantitative estimate of drug-likeness (QED) is 0.799. The van der Waals surface area contributed by atoms with Gasteiger partial charge in [-0.05, 0) is 30.9 Å². The Hall–Kier alpha value is -1.70. The maximum Gasteiger partial charge on any atom is 0.221 e. The highest BCUT2D eigenvalue weighted by Crippen LogP contribution is 2.42. The van der Waals surface area contributed by atoms with Crippen molar-refractivity contribution in [2.75, 3.05) is 30.0 Å². The Kier molecular flexibility index (Phi) is 4.52. The predicted octanol–water partition coefficient (Wildman–Crippen LogP) is 0.242. The largest absolute Gasteiger partial charge is 0.353 e. The third-order valence-electron chi connectivity index (χ3n) is 4.52. The lowest BCUT2D eigenvalue weighted by Crippen LogP contribution is -2.41. The second-order valence-corrected chi connectivity index (χ2v) is 8.80. The van der Waals surface area contributed by atoms with E-state index in [1.54, 1.807) is 6.20 Å². The molecule has 1 amide bonds. The van der Waals surface area contributed by atoms with Gasteiger partial charge in [0.05, 0.1) is 11.8 Å². The fourth-order valence-electron chi connectivity index (χ4n) is 3.19. The van der Waals surface area contributed by atoms with Crippen LogP contribution in [-0.2, 0) is 14.6 Å². The van der Waals surface area contributed by atoms with Gasteiger partial charge in [0.25, 0.3) is 0 Å². The number of carbonyl (C=O) groups is 1. The van der Waals surface area contributed by atoms with Gasteiger partial charge in [-0.1, -0.05) is 0 Å². The van der Waals surface area contributed by atoms with Crippen molar-refractivity contribution < 1.29 is 13.2 Å². The van der Waals surface area contributed by atoms with Gasteiger partial charge in [-0.15, -0.1) is 5.10 Å². The molecule has 2 fully saturated rings. The van der Waals surface area contributed by atoms with Gasteiger partial charge >= 0.3 is 0 Å². The maximum atomic E-state index is 12.1. The van der Waals surface area contributed by atoms with Gasteiger partial charge in [0.2, 0.25) is 5.91 Å². The summed E-state index contributed by atoms with van der Waals surface area (Å²) in [6.45, 7) is 1.56. The Morgan fingerprint density at radius 3 is 2.78 bits per heavy atom. The monoisotopic (exact) mass is 338 g/mol. The molecule has 7 nitrogen and oxygen atoms in total. The van der Waals surface area contributed by atoms with Gasteiger partial charge in [-0.25, -0.2) is 8.42 Å². The maximum absolute atomic E-state index is 12.1. The van der Waals surface area contributed by atoms with Crippen LogP contribution in [-0.4, -0.2) is 55.7 Å².